The van der Waals surface area contributed by atoms with Crippen LogP contribution in [-0.2, 0) is 10.8 Å². The summed E-state index contributed by atoms with van der Waals surface area (Å²) in [5.74, 6) is 0. The molecule has 0 radical (unpaired) electrons. The summed E-state index contributed by atoms with van der Waals surface area (Å²) in [5.41, 5.74) is 1.19. The molecule has 0 bridgehead atoms. The maximum absolute atomic E-state index is 11.5. The Hall–Kier alpha value is -2.06. The lowest BCUT2D eigenvalue weighted by atomic mass is 10.1. The Kier molecular flexibility index (Phi) is 4.77. The minimum Gasteiger partial charge on any atom is -0.290 e. The van der Waals surface area contributed by atoms with E-state index in [0.717, 1.165) is 5.56 Å². The van der Waals surface area contributed by atoms with Gasteiger partial charge in [-0.05, 0) is 30.3 Å². The molecule has 0 fully saturated rings. The normalized spacial score (nSPS) is 13.5. The first-order valence-electron chi connectivity index (χ1n) is 7.09. The van der Waals surface area contributed by atoms with Crippen LogP contribution >= 0.6 is 10.6 Å². The van der Waals surface area contributed by atoms with E-state index < -0.39 is 21.4 Å². The second kappa shape index (κ2) is 6.82. The van der Waals surface area contributed by atoms with Gasteiger partial charge in [0.2, 0.25) is 0 Å². The molecule has 0 saturated heterocycles. The summed E-state index contributed by atoms with van der Waals surface area (Å²) in [5, 5.41) is 7.96. The average molecular weight is 360 g/mol. The van der Waals surface area contributed by atoms with Crippen LogP contribution in [0.25, 0.3) is 11.3 Å². The van der Waals surface area contributed by atoms with Crippen LogP contribution in [0.3, 0.4) is 0 Å². The summed E-state index contributed by atoms with van der Waals surface area (Å²) < 4.78 is 33.1. The molecule has 0 saturated carbocycles. The lowest BCUT2D eigenvalue weighted by Crippen LogP contribution is -2.04. The third-order valence-electron chi connectivity index (χ3n) is 3.52. The molecule has 0 aliphatic rings. The third-order valence-corrected chi connectivity index (χ3v) is 6.33. The van der Waals surface area contributed by atoms with Gasteiger partial charge in [-0.2, -0.15) is 5.10 Å². The van der Waals surface area contributed by atoms with Gasteiger partial charge < -0.3 is 0 Å². The van der Waals surface area contributed by atoms with Gasteiger partial charge >= 0.3 is 0 Å². The van der Waals surface area contributed by atoms with Gasteiger partial charge in [0.15, 0.2) is 0 Å². The van der Waals surface area contributed by atoms with Crippen molar-refractivity contribution in [3.05, 3.63) is 66.9 Å². The van der Waals surface area contributed by atoms with Crippen molar-refractivity contribution in [3.63, 3.8) is 0 Å². The van der Waals surface area contributed by atoms with Gasteiger partial charge in [-0.15, -0.1) is 15.7 Å². The van der Waals surface area contributed by atoms with E-state index >= 15 is 0 Å². The van der Waals surface area contributed by atoms with Crippen LogP contribution in [0.1, 0.15) is 0 Å². The Morgan fingerprint density at radius 2 is 1.62 bits per heavy atom. The standard InChI is InChI=1S/C17H16N2O3S2/c1-23(20)14-7-9-15(10-8-14)24(21,22)16-11-12-18-19-17(16)13-5-3-2-4-6-13/h2-12,21-22H,1H3. The van der Waals surface area contributed by atoms with E-state index in [2.05, 4.69) is 10.2 Å². The largest absolute Gasteiger partial charge is 0.290 e. The quantitative estimate of drug-likeness (QED) is 0.733. The summed E-state index contributed by atoms with van der Waals surface area (Å²) in [6.45, 7) is 0. The molecular weight excluding hydrogens is 344 g/mol. The van der Waals surface area contributed by atoms with E-state index in [9.17, 15) is 13.3 Å². The van der Waals surface area contributed by atoms with Crippen LogP contribution in [0.4, 0.5) is 0 Å². The molecule has 3 rings (SSSR count). The van der Waals surface area contributed by atoms with Crippen molar-refractivity contribution in [2.24, 2.45) is 0 Å². The molecule has 1 aromatic heterocycles. The van der Waals surface area contributed by atoms with E-state index in [1.165, 1.54) is 6.20 Å². The molecule has 0 aliphatic heterocycles. The van der Waals surface area contributed by atoms with E-state index in [0.29, 0.717) is 20.4 Å². The maximum atomic E-state index is 11.5. The fourth-order valence-corrected chi connectivity index (χ4v) is 4.26. The Balaban J connectivity index is 2.09. The van der Waals surface area contributed by atoms with E-state index in [1.807, 2.05) is 30.3 Å². The van der Waals surface area contributed by atoms with E-state index in [1.54, 1.807) is 36.6 Å². The lowest BCUT2D eigenvalue weighted by molar-refractivity contribution is 0.486. The number of rotatable bonds is 4. The second-order valence-electron chi connectivity index (χ2n) is 5.08. The topological polar surface area (TPSA) is 83.3 Å². The van der Waals surface area contributed by atoms with E-state index in [4.69, 9.17) is 0 Å². The molecule has 0 aliphatic carbocycles. The second-order valence-corrected chi connectivity index (χ2v) is 8.47. The van der Waals surface area contributed by atoms with Crippen molar-refractivity contribution in [2.75, 3.05) is 6.26 Å². The molecule has 3 aromatic rings. The molecule has 0 spiro atoms. The molecular formula is C17H16N2O3S2. The lowest BCUT2D eigenvalue weighted by Gasteiger charge is -2.33. The highest BCUT2D eigenvalue weighted by molar-refractivity contribution is 8.24. The predicted octanol–water partition coefficient (Wildman–Crippen LogP) is 4.05. The van der Waals surface area contributed by atoms with Crippen LogP contribution in [0.2, 0.25) is 0 Å². The highest BCUT2D eigenvalue weighted by Gasteiger charge is 2.24. The monoisotopic (exact) mass is 360 g/mol. The Bertz CT molecular complexity index is 869. The summed E-state index contributed by atoms with van der Waals surface area (Å²) in [6, 6.07) is 17.3. The maximum Gasteiger partial charge on any atom is 0.116 e. The molecule has 1 unspecified atom stereocenters. The third kappa shape index (κ3) is 3.25. The molecule has 1 atom stereocenters. The number of hydrogen-bond acceptors (Lipinski definition) is 5. The first-order valence-corrected chi connectivity index (χ1v) is 10.2. The number of benzene rings is 2. The zero-order chi connectivity index (χ0) is 17.2. The van der Waals surface area contributed by atoms with Crippen LogP contribution in [-0.4, -0.2) is 29.8 Å². The average Bonchev–Trinajstić information content (AvgIpc) is 2.62. The molecule has 2 aromatic carbocycles. The zero-order valence-electron chi connectivity index (χ0n) is 12.9. The first kappa shape index (κ1) is 16.8. The van der Waals surface area contributed by atoms with Crippen LogP contribution in [0.15, 0.2) is 81.5 Å². The van der Waals surface area contributed by atoms with Crippen molar-refractivity contribution in [1.82, 2.24) is 10.2 Å². The fourth-order valence-electron chi connectivity index (χ4n) is 2.29. The van der Waals surface area contributed by atoms with E-state index in [-0.39, 0.29) is 0 Å². The number of aromatic nitrogens is 2. The van der Waals surface area contributed by atoms with Crippen LogP contribution < -0.4 is 0 Å². The Morgan fingerprint density at radius 1 is 0.958 bits per heavy atom. The summed E-state index contributed by atoms with van der Waals surface area (Å²) in [7, 11) is -4.38. The van der Waals surface area contributed by atoms with Gasteiger partial charge in [0.1, 0.15) is 5.69 Å². The van der Waals surface area contributed by atoms with Crippen molar-refractivity contribution in [3.8, 4) is 11.3 Å². The summed E-state index contributed by atoms with van der Waals surface area (Å²) in [6.07, 6.45) is 3.01. The molecule has 124 valence electrons. The molecule has 24 heavy (non-hydrogen) atoms. The SMILES string of the molecule is CS(=O)c1ccc(S(O)(O)c2ccnnc2-c2ccccc2)cc1. The van der Waals surface area contributed by atoms with Crippen LogP contribution in [0.5, 0.6) is 0 Å². The van der Waals surface area contributed by atoms with Crippen molar-refractivity contribution in [1.29, 1.82) is 0 Å². The summed E-state index contributed by atoms with van der Waals surface area (Å²) in [4.78, 5) is 1.29. The number of hydrogen-bond donors (Lipinski definition) is 2. The molecule has 7 heteroatoms. The highest BCUT2D eigenvalue weighted by Crippen LogP contribution is 2.57. The van der Waals surface area contributed by atoms with Gasteiger partial charge in [0, 0.05) is 27.5 Å². The molecule has 0 amide bonds. The molecule has 2 N–H and O–H groups in total. The van der Waals surface area contributed by atoms with Gasteiger partial charge in [-0.3, -0.25) is 13.3 Å². The van der Waals surface area contributed by atoms with Gasteiger partial charge in [0.25, 0.3) is 0 Å². The zero-order valence-corrected chi connectivity index (χ0v) is 14.5. The predicted molar refractivity (Wildman–Crippen MR) is 95.6 cm³/mol. The minimum absolute atomic E-state index is 0.314. The highest BCUT2D eigenvalue weighted by atomic mass is 32.3. The smallest absolute Gasteiger partial charge is 0.116 e. The molecule has 5 nitrogen and oxygen atoms in total. The van der Waals surface area contributed by atoms with Gasteiger partial charge in [0.05, 0.1) is 16.0 Å². The van der Waals surface area contributed by atoms with Crippen molar-refractivity contribution >= 4 is 21.4 Å². The van der Waals surface area contributed by atoms with Gasteiger partial charge in [-0.25, -0.2) is 0 Å². The number of nitrogens with zero attached hydrogens (tertiary/aromatic N) is 2. The Morgan fingerprint density at radius 3 is 2.25 bits per heavy atom. The summed E-state index contributed by atoms with van der Waals surface area (Å²) >= 11 is 0. The van der Waals surface area contributed by atoms with Crippen LogP contribution in [0, 0.1) is 0 Å². The van der Waals surface area contributed by atoms with Crippen molar-refractivity contribution < 1.29 is 13.3 Å². The van der Waals surface area contributed by atoms with Gasteiger partial charge in [-0.1, -0.05) is 30.3 Å². The molecule has 1 heterocycles. The fraction of sp³-hybridized carbons (Fsp3) is 0.0588. The Labute approximate surface area is 144 Å². The minimum atomic E-state index is -3.26. The van der Waals surface area contributed by atoms with Crippen molar-refractivity contribution in [2.45, 2.75) is 14.7 Å². The first-order chi connectivity index (χ1) is 11.5.